The molecule has 80 valence electrons. The average Bonchev–Trinajstić information content (AvgIpc) is 2.86. The second-order valence-electron chi connectivity index (χ2n) is 4.68. The Morgan fingerprint density at radius 1 is 1.27 bits per heavy atom. The quantitative estimate of drug-likeness (QED) is 0.824. The van der Waals surface area contributed by atoms with Crippen LogP contribution < -0.4 is 5.32 Å². The van der Waals surface area contributed by atoms with E-state index in [0.717, 1.165) is 5.92 Å². The van der Waals surface area contributed by atoms with Gasteiger partial charge in [-0.25, -0.2) is 0 Å². The molecule has 1 aromatic rings. The van der Waals surface area contributed by atoms with Crippen molar-refractivity contribution < 1.29 is 0 Å². The largest absolute Gasteiger partial charge is 0.316 e. The zero-order valence-electron chi connectivity index (χ0n) is 8.85. The van der Waals surface area contributed by atoms with Crippen molar-refractivity contribution in [2.75, 3.05) is 13.1 Å². The average molecular weight is 266 g/mol. The van der Waals surface area contributed by atoms with E-state index in [2.05, 4.69) is 33.4 Å². The minimum atomic E-state index is 0.759. The standard InChI is InChI=1S/C13H16BrN/c14-11-6-9-2-1-3-12(9)13(7-11)10-4-5-15-8-10/h6-7,10,15H,1-5,8H2. The number of rotatable bonds is 1. The number of aryl methyl sites for hydroxylation is 1. The van der Waals surface area contributed by atoms with E-state index in [9.17, 15) is 0 Å². The molecule has 1 aliphatic heterocycles. The molecular formula is C13H16BrN. The van der Waals surface area contributed by atoms with Gasteiger partial charge in [0.2, 0.25) is 0 Å². The lowest BCUT2D eigenvalue weighted by Gasteiger charge is -2.15. The number of nitrogens with one attached hydrogen (secondary N) is 1. The summed E-state index contributed by atoms with van der Waals surface area (Å²) in [4.78, 5) is 0. The number of hydrogen-bond donors (Lipinski definition) is 1. The number of benzene rings is 1. The summed E-state index contributed by atoms with van der Waals surface area (Å²) >= 11 is 3.64. The maximum atomic E-state index is 3.64. The maximum absolute atomic E-state index is 3.64. The Hall–Kier alpha value is -0.340. The first-order valence-corrected chi connectivity index (χ1v) is 6.66. The first kappa shape index (κ1) is 9.86. The molecule has 1 heterocycles. The van der Waals surface area contributed by atoms with Crippen LogP contribution in [0.25, 0.3) is 0 Å². The highest BCUT2D eigenvalue weighted by Crippen LogP contribution is 2.35. The Morgan fingerprint density at radius 2 is 2.20 bits per heavy atom. The monoisotopic (exact) mass is 265 g/mol. The molecule has 3 rings (SSSR count). The highest BCUT2D eigenvalue weighted by molar-refractivity contribution is 9.10. The van der Waals surface area contributed by atoms with Gasteiger partial charge in [0.25, 0.3) is 0 Å². The first-order valence-electron chi connectivity index (χ1n) is 5.86. The molecular weight excluding hydrogens is 250 g/mol. The van der Waals surface area contributed by atoms with Crippen LogP contribution in [0.15, 0.2) is 16.6 Å². The molecule has 1 unspecified atom stereocenters. The van der Waals surface area contributed by atoms with Gasteiger partial charge < -0.3 is 5.32 Å². The molecule has 1 fully saturated rings. The molecule has 1 atom stereocenters. The summed E-state index contributed by atoms with van der Waals surface area (Å²) in [5.74, 6) is 0.759. The number of halogens is 1. The molecule has 1 N–H and O–H groups in total. The molecule has 1 aromatic carbocycles. The van der Waals surface area contributed by atoms with Gasteiger partial charge in [-0.1, -0.05) is 15.9 Å². The third-order valence-electron chi connectivity index (χ3n) is 3.71. The first-order chi connectivity index (χ1) is 7.34. The Balaban J connectivity index is 2.05. The van der Waals surface area contributed by atoms with E-state index in [1.165, 1.54) is 43.2 Å². The second kappa shape index (κ2) is 3.91. The molecule has 0 amide bonds. The van der Waals surface area contributed by atoms with E-state index in [1.54, 1.807) is 16.7 Å². The Bertz CT molecular complexity index is 380. The lowest BCUT2D eigenvalue weighted by atomic mass is 9.91. The molecule has 1 nitrogen and oxygen atoms in total. The van der Waals surface area contributed by atoms with Crippen LogP contribution in [0, 0.1) is 0 Å². The zero-order valence-corrected chi connectivity index (χ0v) is 10.4. The molecule has 2 aliphatic rings. The van der Waals surface area contributed by atoms with Crippen LogP contribution in [0.2, 0.25) is 0 Å². The van der Waals surface area contributed by atoms with Crippen molar-refractivity contribution in [3.05, 3.63) is 33.3 Å². The molecule has 0 bridgehead atoms. The molecule has 15 heavy (non-hydrogen) atoms. The highest BCUT2D eigenvalue weighted by Gasteiger charge is 2.23. The fourth-order valence-electron chi connectivity index (χ4n) is 2.98. The van der Waals surface area contributed by atoms with Gasteiger partial charge in [0.15, 0.2) is 0 Å². The molecule has 1 aliphatic carbocycles. The predicted molar refractivity (Wildman–Crippen MR) is 66.4 cm³/mol. The topological polar surface area (TPSA) is 12.0 Å². The zero-order chi connectivity index (χ0) is 10.3. The third-order valence-corrected chi connectivity index (χ3v) is 4.17. The molecule has 0 radical (unpaired) electrons. The van der Waals surface area contributed by atoms with Crippen LogP contribution >= 0.6 is 15.9 Å². The molecule has 0 saturated carbocycles. The van der Waals surface area contributed by atoms with E-state index in [4.69, 9.17) is 0 Å². The van der Waals surface area contributed by atoms with Crippen LogP contribution in [-0.2, 0) is 12.8 Å². The minimum absolute atomic E-state index is 0.759. The number of hydrogen-bond acceptors (Lipinski definition) is 1. The van der Waals surface area contributed by atoms with Gasteiger partial charge in [-0.05, 0) is 67.0 Å². The Kier molecular flexibility index (Phi) is 2.57. The molecule has 0 aromatic heterocycles. The summed E-state index contributed by atoms with van der Waals surface area (Å²) in [6, 6.07) is 4.66. The van der Waals surface area contributed by atoms with Crippen LogP contribution in [-0.4, -0.2) is 13.1 Å². The lowest BCUT2D eigenvalue weighted by Crippen LogP contribution is -2.09. The maximum Gasteiger partial charge on any atom is 0.0181 e. The van der Waals surface area contributed by atoms with Gasteiger partial charge in [-0.2, -0.15) is 0 Å². The van der Waals surface area contributed by atoms with Gasteiger partial charge >= 0.3 is 0 Å². The van der Waals surface area contributed by atoms with E-state index in [0.29, 0.717) is 0 Å². The third kappa shape index (κ3) is 1.74. The normalized spacial score (nSPS) is 24.5. The van der Waals surface area contributed by atoms with Crippen molar-refractivity contribution in [1.82, 2.24) is 5.32 Å². The molecule has 1 saturated heterocycles. The summed E-state index contributed by atoms with van der Waals surface area (Å²) in [5, 5.41) is 3.47. The van der Waals surface area contributed by atoms with Gasteiger partial charge in [0.1, 0.15) is 0 Å². The van der Waals surface area contributed by atoms with Crippen molar-refractivity contribution in [3.63, 3.8) is 0 Å². The second-order valence-corrected chi connectivity index (χ2v) is 5.59. The fraction of sp³-hybridized carbons (Fsp3) is 0.538. The van der Waals surface area contributed by atoms with Gasteiger partial charge in [0, 0.05) is 11.0 Å². The van der Waals surface area contributed by atoms with Gasteiger partial charge in [-0.15, -0.1) is 0 Å². The summed E-state index contributed by atoms with van der Waals surface area (Å²) in [7, 11) is 0. The van der Waals surface area contributed by atoms with Crippen molar-refractivity contribution >= 4 is 15.9 Å². The van der Waals surface area contributed by atoms with Crippen molar-refractivity contribution in [1.29, 1.82) is 0 Å². The van der Waals surface area contributed by atoms with E-state index in [1.807, 2.05) is 0 Å². The molecule has 2 heteroatoms. The summed E-state index contributed by atoms with van der Waals surface area (Å²) in [5.41, 5.74) is 4.86. The van der Waals surface area contributed by atoms with Crippen LogP contribution in [0.5, 0.6) is 0 Å². The molecule has 0 spiro atoms. The van der Waals surface area contributed by atoms with Crippen LogP contribution in [0.3, 0.4) is 0 Å². The summed E-state index contributed by atoms with van der Waals surface area (Å²) in [6.45, 7) is 2.36. The Labute approximate surface area is 99.4 Å². The fourth-order valence-corrected chi connectivity index (χ4v) is 3.51. The van der Waals surface area contributed by atoms with Crippen molar-refractivity contribution in [2.45, 2.75) is 31.6 Å². The summed E-state index contributed by atoms with van der Waals surface area (Å²) in [6.07, 6.45) is 5.23. The van der Waals surface area contributed by atoms with E-state index >= 15 is 0 Å². The van der Waals surface area contributed by atoms with Crippen LogP contribution in [0.1, 0.15) is 35.4 Å². The van der Waals surface area contributed by atoms with E-state index < -0.39 is 0 Å². The number of fused-ring (bicyclic) bond motifs is 1. The minimum Gasteiger partial charge on any atom is -0.316 e. The smallest absolute Gasteiger partial charge is 0.0181 e. The SMILES string of the molecule is Brc1cc2c(c(C3CCNC3)c1)CCC2. The summed E-state index contributed by atoms with van der Waals surface area (Å²) < 4.78 is 1.27. The van der Waals surface area contributed by atoms with Crippen LogP contribution in [0.4, 0.5) is 0 Å². The van der Waals surface area contributed by atoms with Gasteiger partial charge in [-0.3, -0.25) is 0 Å². The van der Waals surface area contributed by atoms with Crippen molar-refractivity contribution in [3.8, 4) is 0 Å². The Morgan fingerprint density at radius 3 is 3.00 bits per heavy atom. The lowest BCUT2D eigenvalue weighted by molar-refractivity contribution is 0.750. The van der Waals surface area contributed by atoms with Gasteiger partial charge in [0.05, 0.1) is 0 Å². The predicted octanol–water partition coefficient (Wildman–Crippen LogP) is 3.01. The highest BCUT2D eigenvalue weighted by atomic mass is 79.9. The van der Waals surface area contributed by atoms with E-state index in [-0.39, 0.29) is 0 Å². The van der Waals surface area contributed by atoms with Crippen molar-refractivity contribution in [2.24, 2.45) is 0 Å².